The predicted octanol–water partition coefficient (Wildman–Crippen LogP) is 3.31. The van der Waals surface area contributed by atoms with Crippen molar-refractivity contribution in [1.29, 1.82) is 0 Å². The predicted molar refractivity (Wildman–Crippen MR) is 102 cm³/mol. The maximum atomic E-state index is 12.3. The Morgan fingerprint density at radius 2 is 1.54 bits per heavy atom. The lowest BCUT2D eigenvalue weighted by Crippen LogP contribution is -2.41. The van der Waals surface area contributed by atoms with Crippen LogP contribution in [0.4, 0.5) is 0 Å². The Labute approximate surface area is 158 Å². The van der Waals surface area contributed by atoms with E-state index >= 15 is 0 Å². The average Bonchev–Trinajstić information content (AvgIpc) is 2.67. The van der Waals surface area contributed by atoms with Crippen LogP contribution in [-0.4, -0.2) is 56.6 Å². The molecule has 1 saturated carbocycles. The van der Waals surface area contributed by atoms with Gasteiger partial charge < -0.3 is 14.4 Å². The number of ketones is 1. The second kappa shape index (κ2) is 11.0. The molecule has 1 amide bonds. The van der Waals surface area contributed by atoms with Gasteiger partial charge in [-0.2, -0.15) is 0 Å². The van der Waals surface area contributed by atoms with E-state index in [9.17, 15) is 9.59 Å². The first-order valence-electron chi connectivity index (χ1n) is 10.4. The molecule has 0 unspecified atom stereocenters. The van der Waals surface area contributed by atoms with Crippen molar-refractivity contribution in [3.63, 3.8) is 0 Å². The zero-order chi connectivity index (χ0) is 18.9. The first-order chi connectivity index (χ1) is 12.5. The van der Waals surface area contributed by atoms with E-state index in [0.29, 0.717) is 37.9 Å². The molecule has 5 heteroatoms. The largest absolute Gasteiger partial charge is 0.382 e. The first kappa shape index (κ1) is 21.4. The highest BCUT2D eigenvalue weighted by Gasteiger charge is 2.33. The molecule has 0 aromatic carbocycles. The lowest BCUT2D eigenvalue weighted by Gasteiger charge is -2.39. The summed E-state index contributed by atoms with van der Waals surface area (Å²) >= 11 is 0. The summed E-state index contributed by atoms with van der Waals surface area (Å²) in [6.07, 6.45) is 7.22. The van der Waals surface area contributed by atoms with Gasteiger partial charge in [-0.3, -0.25) is 9.59 Å². The molecule has 5 nitrogen and oxygen atoms in total. The van der Waals surface area contributed by atoms with Crippen LogP contribution in [0.25, 0.3) is 0 Å². The van der Waals surface area contributed by atoms with E-state index in [2.05, 4.69) is 0 Å². The maximum Gasteiger partial charge on any atom is 0.224 e. The standard InChI is InChI=1S/C21H37NO4/c1-16(2)21(24)19-6-4-17(5-7-19)18-8-11-22(12-9-18)20(23)10-13-26-15-14-25-3/h16-19H,4-15H2,1-3H3. The minimum Gasteiger partial charge on any atom is -0.382 e. The molecule has 2 fully saturated rings. The minimum absolute atomic E-state index is 0.171. The molecule has 1 aliphatic heterocycles. The third-order valence-electron chi connectivity index (χ3n) is 6.19. The van der Waals surface area contributed by atoms with Gasteiger partial charge in [-0.1, -0.05) is 13.8 Å². The Morgan fingerprint density at radius 3 is 2.12 bits per heavy atom. The fourth-order valence-corrected chi connectivity index (χ4v) is 4.53. The molecule has 0 N–H and O–H groups in total. The molecule has 1 heterocycles. The second-order valence-corrected chi connectivity index (χ2v) is 8.24. The maximum absolute atomic E-state index is 12.3. The number of hydrogen-bond donors (Lipinski definition) is 0. The van der Waals surface area contributed by atoms with Crippen molar-refractivity contribution in [2.45, 2.75) is 58.8 Å². The summed E-state index contributed by atoms with van der Waals surface area (Å²) in [6.45, 7) is 7.40. The number of ether oxygens (including phenoxy) is 2. The number of hydrogen-bond acceptors (Lipinski definition) is 4. The number of Topliss-reactive ketones (excluding diaryl/α,β-unsaturated/α-hetero) is 1. The van der Waals surface area contributed by atoms with Gasteiger partial charge >= 0.3 is 0 Å². The summed E-state index contributed by atoms with van der Waals surface area (Å²) in [5.74, 6) is 2.62. The zero-order valence-electron chi connectivity index (χ0n) is 16.9. The molecule has 0 radical (unpaired) electrons. The van der Waals surface area contributed by atoms with Gasteiger partial charge in [0, 0.05) is 32.0 Å². The summed E-state index contributed by atoms with van der Waals surface area (Å²) in [7, 11) is 1.65. The highest BCUT2D eigenvalue weighted by molar-refractivity contribution is 5.82. The number of piperidine rings is 1. The number of rotatable bonds is 9. The van der Waals surface area contributed by atoms with E-state index < -0.39 is 0 Å². The van der Waals surface area contributed by atoms with E-state index in [1.807, 2.05) is 18.7 Å². The lowest BCUT2D eigenvalue weighted by molar-refractivity contribution is -0.134. The minimum atomic E-state index is 0.171. The van der Waals surface area contributed by atoms with Crippen LogP contribution in [0.3, 0.4) is 0 Å². The quantitative estimate of drug-likeness (QED) is 0.587. The molecular formula is C21H37NO4. The third kappa shape index (κ3) is 6.34. The molecular weight excluding hydrogens is 330 g/mol. The van der Waals surface area contributed by atoms with Gasteiger partial charge in [0.25, 0.3) is 0 Å². The Hall–Kier alpha value is -0.940. The number of amides is 1. The van der Waals surface area contributed by atoms with E-state index in [0.717, 1.165) is 50.6 Å². The van der Waals surface area contributed by atoms with Crippen LogP contribution in [0.5, 0.6) is 0 Å². The van der Waals surface area contributed by atoms with Crippen LogP contribution >= 0.6 is 0 Å². The van der Waals surface area contributed by atoms with Crippen molar-refractivity contribution in [1.82, 2.24) is 4.90 Å². The monoisotopic (exact) mass is 367 g/mol. The van der Waals surface area contributed by atoms with Gasteiger partial charge in [0.1, 0.15) is 5.78 Å². The highest BCUT2D eigenvalue weighted by atomic mass is 16.5. The molecule has 1 saturated heterocycles. The molecule has 2 rings (SSSR count). The fourth-order valence-electron chi connectivity index (χ4n) is 4.53. The highest BCUT2D eigenvalue weighted by Crippen LogP contribution is 2.38. The van der Waals surface area contributed by atoms with E-state index in [-0.39, 0.29) is 11.8 Å². The van der Waals surface area contributed by atoms with Gasteiger partial charge in [0.2, 0.25) is 5.91 Å². The van der Waals surface area contributed by atoms with Gasteiger partial charge in [-0.15, -0.1) is 0 Å². The van der Waals surface area contributed by atoms with Crippen molar-refractivity contribution in [3.8, 4) is 0 Å². The summed E-state index contributed by atoms with van der Waals surface area (Å²) < 4.78 is 10.3. The number of nitrogens with zero attached hydrogens (tertiary/aromatic N) is 1. The Kier molecular flexibility index (Phi) is 9.06. The van der Waals surface area contributed by atoms with Crippen LogP contribution in [-0.2, 0) is 19.1 Å². The molecule has 1 aliphatic carbocycles. The van der Waals surface area contributed by atoms with Gasteiger partial charge in [0.05, 0.1) is 26.2 Å². The van der Waals surface area contributed by atoms with Crippen LogP contribution < -0.4 is 0 Å². The summed E-state index contributed by atoms with van der Waals surface area (Å²) in [6, 6.07) is 0. The smallest absolute Gasteiger partial charge is 0.224 e. The lowest BCUT2D eigenvalue weighted by atomic mass is 9.71. The number of likely N-dealkylation sites (tertiary alicyclic amines) is 1. The topological polar surface area (TPSA) is 55.8 Å². The third-order valence-corrected chi connectivity index (χ3v) is 6.19. The second-order valence-electron chi connectivity index (χ2n) is 8.24. The molecule has 0 aromatic rings. The van der Waals surface area contributed by atoms with Crippen molar-refractivity contribution < 1.29 is 19.1 Å². The Morgan fingerprint density at radius 1 is 0.923 bits per heavy atom. The number of methoxy groups -OCH3 is 1. The summed E-state index contributed by atoms with van der Waals surface area (Å²) in [4.78, 5) is 26.5. The molecule has 0 bridgehead atoms. The molecule has 2 aliphatic rings. The van der Waals surface area contributed by atoms with Gasteiger partial charge in [-0.25, -0.2) is 0 Å². The molecule has 26 heavy (non-hydrogen) atoms. The van der Waals surface area contributed by atoms with Crippen LogP contribution in [0.1, 0.15) is 58.8 Å². The number of carbonyl (C=O) groups is 2. The fraction of sp³-hybridized carbons (Fsp3) is 0.905. The van der Waals surface area contributed by atoms with E-state index in [1.54, 1.807) is 7.11 Å². The Balaban J connectivity index is 1.64. The average molecular weight is 368 g/mol. The zero-order valence-corrected chi connectivity index (χ0v) is 16.9. The summed E-state index contributed by atoms with van der Waals surface area (Å²) in [5, 5.41) is 0. The molecule has 150 valence electrons. The SMILES string of the molecule is COCCOCCC(=O)N1CCC(C2CCC(C(=O)C(C)C)CC2)CC1. The summed E-state index contributed by atoms with van der Waals surface area (Å²) in [5.41, 5.74) is 0. The van der Waals surface area contributed by atoms with E-state index in [1.165, 1.54) is 12.8 Å². The van der Waals surface area contributed by atoms with Crippen molar-refractivity contribution in [2.75, 3.05) is 40.0 Å². The van der Waals surface area contributed by atoms with Crippen LogP contribution in [0, 0.1) is 23.7 Å². The van der Waals surface area contributed by atoms with Crippen molar-refractivity contribution in [2.24, 2.45) is 23.7 Å². The number of carbonyl (C=O) groups excluding carboxylic acids is 2. The first-order valence-corrected chi connectivity index (χ1v) is 10.4. The molecule has 0 aromatic heterocycles. The van der Waals surface area contributed by atoms with Gasteiger partial charge in [-0.05, 0) is 50.4 Å². The van der Waals surface area contributed by atoms with Gasteiger partial charge in [0.15, 0.2) is 0 Å². The van der Waals surface area contributed by atoms with Crippen molar-refractivity contribution >= 4 is 11.7 Å². The van der Waals surface area contributed by atoms with Crippen molar-refractivity contribution in [3.05, 3.63) is 0 Å². The Bertz CT molecular complexity index is 435. The van der Waals surface area contributed by atoms with E-state index in [4.69, 9.17) is 9.47 Å². The van der Waals surface area contributed by atoms with Crippen LogP contribution in [0.15, 0.2) is 0 Å². The molecule has 0 spiro atoms. The normalized spacial score (nSPS) is 24.8. The molecule has 0 atom stereocenters. The van der Waals surface area contributed by atoms with Crippen LogP contribution in [0.2, 0.25) is 0 Å².